The number of benzene rings is 2. The van der Waals surface area contributed by atoms with E-state index in [0.717, 1.165) is 5.39 Å². The molecule has 9 nitrogen and oxygen atoms in total. The van der Waals surface area contributed by atoms with E-state index in [2.05, 4.69) is 15.3 Å². The number of halogens is 1. The van der Waals surface area contributed by atoms with Crippen LogP contribution in [0.4, 0.5) is 4.39 Å². The molecule has 5 rings (SSSR count). The van der Waals surface area contributed by atoms with Gasteiger partial charge in [-0.3, -0.25) is 14.6 Å². The van der Waals surface area contributed by atoms with Gasteiger partial charge in [0.25, 0.3) is 5.91 Å². The summed E-state index contributed by atoms with van der Waals surface area (Å²) in [6.07, 6.45) is 1.66. The molecule has 2 atom stereocenters. The second-order valence-electron chi connectivity index (χ2n) is 10.4. The molecule has 4 N–H and O–H groups in total. The summed E-state index contributed by atoms with van der Waals surface area (Å²) < 4.78 is 25.1. The number of pyridine rings is 2. The lowest BCUT2D eigenvalue weighted by atomic mass is 9.80. The largest absolute Gasteiger partial charge is 0.494 e. The monoisotopic (exact) mass is 544 g/mol. The molecule has 0 unspecified atom stereocenters. The summed E-state index contributed by atoms with van der Waals surface area (Å²) in [5, 5.41) is 15.1. The van der Waals surface area contributed by atoms with E-state index >= 15 is 0 Å². The Labute approximate surface area is 230 Å². The second-order valence-corrected chi connectivity index (χ2v) is 10.4. The van der Waals surface area contributed by atoms with Crippen LogP contribution in [0.5, 0.6) is 11.5 Å². The maximum Gasteiger partial charge on any atom is 0.251 e. The zero-order valence-electron chi connectivity index (χ0n) is 22.3. The van der Waals surface area contributed by atoms with Gasteiger partial charge in [-0.1, -0.05) is 13.0 Å². The number of hydrogen-bond acceptors (Lipinski definition) is 7. The molecule has 0 radical (unpaired) electrons. The van der Waals surface area contributed by atoms with E-state index in [1.165, 1.54) is 26.2 Å². The van der Waals surface area contributed by atoms with E-state index in [9.17, 15) is 19.1 Å². The van der Waals surface area contributed by atoms with E-state index in [-0.39, 0.29) is 25.3 Å². The van der Waals surface area contributed by atoms with Crippen molar-refractivity contribution in [3.63, 3.8) is 0 Å². The standard InChI is InChI=1S/C30H29FN4O5/c1-29(14-24(32)36)16-40-27-21(29)13-23(35-26(27)17-6-8-20(31)9-7-17)30(2,38)15-34-28(37)19-11-18-5-4-10-33-25(18)22(12-19)39-3/h4-13,38H,14-16H2,1-3H3,(H2,32,36)(H,34,37)/t29-,30-/m0/s1. The first-order chi connectivity index (χ1) is 19.0. The highest BCUT2D eigenvalue weighted by atomic mass is 19.1. The van der Waals surface area contributed by atoms with E-state index in [4.69, 9.17) is 15.2 Å². The topological polar surface area (TPSA) is 137 Å². The van der Waals surface area contributed by atoms with E-state index in [0.29, 0.717) is 39.4 Å². The smallest absolute Gasteiger partial charge is 0.251 e. The Balaban J connectivity index is 1.49. The molecule has 0 bridgehead atoms. The number of fused-ring (bicyclic) bond motifs is 2. The highest BCUT2D eigenvalue weighted by Gasteiger charge is 2.42. The minimum absolute atomic E-state index is 0.0177. The first kappa shape index (κ1) is 27.0. The number of nitrogens with zero attached hydrogens (tertiary/aromatic N) is 2. The van der Waals surface area contributed by atoms with Gasteiger partial charge in [-0.15, -0.1) is 0 Å². The third-order valence-corrected chi connectivity index (χ3v) is 7.14. The molecule has 0 spiro atoms. The van der Waals surface area contributed by atoms with Crippen LogP contribution in [-0.4, -0.2) is 47.2 Å². The molecular weight excluding hydrogens is 515 g/mol. The van der Waals surface area contributed by atoms with Gasteiger partial charge in [0.1, 0.15) is 34.1 Å². The van der Waals surface area contributed by atoms with Gasteiger partial charge in [0.05, 0.1) is 26.0 Å². The van der Waals surface area contributed by atoms with Crippen molar-refractivity contribution in [2.75, 3.05) is 20.3 Å². The van der Waals surface area contributed by atoms with Crippen LogP contribution in [0.15, 0.2) is 60.8 Å². The number of ether oxygens (including phenoxy) is 2. The first-order valence-corrected chi connectivity index (χ1v) is 12.7. The number of aromatic nitrogens is 2. The van der Waals surface area contributed by atoms with Crippen LogP contribution in [0.1, 0.15) is 41.9 Å². The van der Waals surface area contributed by atoms with Crippen molar-refractivity contribution >= 4 is 22.7 Å². The average molecular weight is 545 g/mol. The number of amides is 2. The summed E-state index contributed by atoms with van der Waals surface area (Å²) in [5.74, 6) is -0.442. The lowest BCUT2D eigenvalue weighted by molar-refractivity contribution is -0.119. The van der Waals surface area contributed by atoms with Crippen LogP contribution in [-0.2, 0) is 15.8 Å². The number of hydrogen-bond donors (Lipinski definition) is 3. The Morgan fingerprint density at radius 2 is 1.98 bits per heavy atom. The van der Waals surface area contributed by atoms with Crippen LogP contribution in [0, 0.1) is 5.82 Å². The molecular formula is C30H29FN4O5. The number of aliphatic hydroxyl groups is 1. The number of methoxy groups -OCH3 is 1. The predicted octanol–water partition coefficient (Wildman–Crippen LogP) is 3.61. The van der Waals surface area contributed by atoms with Crippen molar-refractivity contribution in [1.29, 1.82) is 0 Å². The molecule has 1 aliphatic heterocycles. The van der Waals surface area contributed by atoms with Gasteiger partial charge in [0.15, 0.2) is 0 Å². The molecule has 10 heteroatoms. The zero-order valence-corrected chi connectivity index (χ0v) is 22.3. The lowest BCUT2D eigenvalue weighted by Gasteiger charge is -2.27. The highest BCUT2D eigenvalue weighted by Crippen LogP contribution is 2.46. The molecule has 40 heavy (non-hydrogen) atoms. The van der Waals surface area contributed by atoms with Crippen molar-refractivity contribution in [2.24, 2.45) is 5.73 Å². The molecule has 2 aromatic carbocycles. The van der Waals surface area contributed by atoms with Gasteiger partial charge in [-0.25, -0.2) is 9.37 Å². The highest BCUT2D eigenvalue weighted by molar-refractivity contribution is 5.99. The number of nitrogens with two attached hydrogens (primary N) is 1. The maximum atomic E-state index is 13.7. The third-order valence-electron chi connectivity index (χ3n) is 7.14. The quantitative estimate of drug-likeness (QED) is 0.308. The Kier molecular flexibility index (Phi) is 6.89. The molecule has 206 valence electrons. The minimum Gasteiger partial charge on any atom is -0.494 e. The SMILES string of the molecule is COc1cc(C(=O)NC[C@](C)(O)c2cc3c(c(-c4ccc(F)cc4)n2)OC[C@]3(C)CC(N)=O)cc2cccnc12. The van der Waals surface area contributed by atoms with Crippen molar-refractivity contribution in [3.8, 4) is 22.8 Å². The summed E-state index contributed by atoms with van der Waals surface area (Å²) in [7, 11) is 1.50. The normalized spacial score (nSPS) is 17.5. The van der Waals surface area contributed by atoms with E-state index in [1.54, 1.807) is 42.6 Å². The third kappa shape index (κ3) is 5.05. The molecule has 1 aliphatic rings. The fourth-order valence-electron chi connectivity index (χ4n) is 4.94. The second kappa shape index (κ2) is 10.2. The van der Waals surface area contributed by atoms with Gasteiger partial charge in [0.2, 0.25) is 5.91 Å². The van der Waals surface area contributed by atoms with Gasteiger partial charge < -0.3 is 25.6 Å². The Morgan fingerprint density at radius 1 is 1.23 bits per heavy atom. The van der Waals surface area contributed by atoms with Crippen molar-refractivity contribution < 1.29 is 28.6 Å². The molecule has 0 saturated carbocycles. The molecule has 2 amide bonds. The van der Waals surface area contributed by atoms with Crippen molar-refractivity contribution in [2.45, 2.75) is 31.3 Å². The van der Waals surface area contributed by atoms with Gasteiger partial charge >= 0.3 is 0 Å². The van der Waals surface area contributed by atoms with Gasteiger partial charge in [0, 0.05) is 40.1 Å². The molecule has 4 aromatic rings. The van der Waals surface area contributed by atoms with Crippen LogP contribution >= 0.6 is 0 Å². The molecule has 0 fully saturated rings. The van der Waals surface area contributed by atoms with Crippen LogP contribution in [0.3, 0.4) is 0 Å². The summed E-state index contributed by atoms with van der Waals surface area (Å²) in [4.78, 5) is 34.0. The Morgan fingerprint density at radius 3 is 2.67 bits per heavy atom. The molecule has 0 aliphatic carbocycles. The molecule has 0 saturated heterocycles. The first-order valence-electron chi connectivity index (χ1n) is 12.7. The number of carbonyl (C=O) groups is 2. The fourth-order valence-corrected chi connectivity index (χ4v) is 4.94. The summed E-state index contributed by atoms with van der Waals surface area (Å²) in [6, 6.07) is 14.3. The molecule has 3 heterocycles. The van der Waals surface area contributed by atoms with E-state index < -0.39 is 28.6 Å². The lowest BCUT2D eigenvalue weighted by Crippen LogP contribution is -2.39. The van der Waals surface area contributed by atoms with Gasteiger partial charge in [-0.05, 0) is 55.5 Å². The maximum absolute atomic E-state index is 13.7. The number of primary amides is 1. The van der Waals surface area contributed by atoms with Gasteiger partial charge in [-0.2, -0.15) is 0 Å². The summed E-state index contributed by atoms with van der Waals surface area (Å²) >= 11 is 0. The van der Waals surface area contributed by atoms with Crippen molar-refractivity contribution in [3.05, 3.63) is 83.4 Å². The summed E-state index contributed by atoms with van der Waals surface area (Å²) in [5.41, 5.74) is 5.96. The van der Waals surface area contributed by atoms with Crippen LogP contribution in [0.25, 0.3) is 22.2 Å². The van der Waals surface area contributed by atoms with Crippen molar-refractivity contribution in [1.82, 2.24) is 15.3 Å². The number of nitrogens with one attached hydrogen (secondary N) is 1. The van der Waals surface area contributed by atoms with Crippen LogP contribution < -0.4 is 20.5 Å². The summed E-state index contributed by atoms with van der Waals surface area (Å²) in [6.45, 7) is 3.38. The fraction of sp³-hybridized carbons (Fsp3) is 0.267. The molecule has 2 aromatic heterocycles. The Hall–Kier alpha value is -4.57. The number of rotatable bonds is 8. The zero-order chi connectivity index (χ0) is 28.7. The Bertz CT molecular complexity index is 1620. The van der Waals surface area contributed by atoms with Crippen LogP contribution in [0.2, 0.25) is 0 Å². The minimum atomic E-state index is -1.63. The number of carbonyl (C=O) groups excluding carboxylic acids is 2. The van der Waals surface area contributed by atoms with E-state index in [1.807, 2.05) is 13.0 Å². The predicted molar refractivity (Wildman–Crippen MR) is 146 cm³/mol. The average Bonchev–Trinajstić information content (AvgIpc) is 3.26.